The number of alkyl halides is 3. The third-order valence-electron chi connectivity index (χ3n) is 3.05. The van der Waals surface area contributed by atoms with Crippen molar-refractivity contribution in [1.82, 2.24) is 0 Å². The number of Topliss-reactive ketones (excluding diaryl/α,β-unsaturated/α-hetero) is 1. The molecular weight excluding hydrogens is 291 g/mol. The summed E-state index contributed by atoms with van der Waals surface area (Å²) in [6.07, 6.45) is -5.32. The Balaban J connectivity index is 2.55. The van der Waals surface area contributed by atoms with E-state index in [1.807, 2.05) is 0 Å². The smallest absolute Gasteiger partial charge is 0.454 e. The number of ketones is 1. The molecule has 112 valence electrons. The fourth-order valence-corrected chi connectivity index (χ4v) is 2.16. The van der Waals surface area contributed by atoms with Gasteiger partial charge in [0, 0.05) is 5.69 Å². The molecule has 2 N–H and O–H groups in total. The summed E-state index contributed by atoms with van der Waals surface area (Å²) in [4.78, 5) is 23.8. The zero-order chi connectivity index (χ0) is 16.0. The van der Waals surface area contributed by atoms with Crippen LogP contribution in [0.3, 0.4) is 0 Å². The van der Waals surface area contributed by atoms with Crippen LogP contribution >= 0.6 is 0 Å². The first-order valence-corrected chi connectivity index (χ1v) is 5.75. The topological polar surface area (TPSA) is 77.8 Å². The SMILES string of the molecule is CC1(O)C(C(=O)C(F)(F)F)=C(O)C(=O)N1c1ccccc1. The second-order valence-corrected chi connectivity index (χ2v) is 4.55. The molecule has 1 unspecified atom stereocenters. The van der Waals surface area contributed by atoms with Crippen LogP contribution in [0.4, 0.5) is 18.9 Å². The van der Waals surface area contributed by atoms with E-state index >= 15 is 0 Å². The molecule has 2 rings (SSSR count). The minimum Gasteiger partial charge on any atom is -0.503 e. The zero-order valence-corrected chi connectivity index (χ0v) is 10.7. The molecule has 21 heavy (non-hydrogen) atoms. The third kappa shape index (κ3) is 2.27. The van der Waals surface area contributed by atoms with E-state index in [1.54, 1.807) is 6.07 Å². The summed E-state index contributed by atoms with van der Waals surface area (Å²) in [5.74, 6) is -5.15. The number of nitrogens with zero attached hydrogens (tertiary/aromatic N) is 1. The molecule has 1 aliphatic heterocycles. The standard InChI is InChI=1S/C13H10F3NO4/c1-12(21)8(10(19)13(14,15)16)9(18)11(20)17(12)7-5-3-2-4-6-7/h2-6,18,21H,1H3. The summed E-state index contributed by atoms with van der Waals surface area (Å²) < 4.78 is 37.6. The number of rotatable bonds is 2. The Kier molecular flexibility index (Phi) is 3.29. The van der Waals surface area contributed by atoms with Crippen molar-refractivity contribution in [3.8, 4) is 0 Å². The number of para-hydroxylation sites is 1. The highest BCUT2D eigenvalue weighted by Crippen LogP contribution is 2.39. The Morgan fingerprint density at radius 3 is 2.24 bits per heavy atom. The van der Waals surface area contributed by atoms with Gasteiger partial charge in [-0.3, -0.25) is 14.5 Å². The van der Waals surface area contributed by atoms with E-state index in [9.17, 15) is 33.0 Å². The summed E-state index contributed by atoms with van der Waals surface area (Å²) in [6.45, 7) is 0.833. The van der Waals surface area contributed by atoms with Gasteiger partial charge in [0.25, 0.3) is 11.7 Å². The predicted molar refractivity (Wildman–Crippen MR) is 65.3 cm³/mol. The Bertz CT molecular complexity index is 635. The van der Waals surface area contributed by atoms with Crippen LogP contribution in [0.5, 0.6) is 0 Å². The lowest BCUT2D eigenvalue weighted by Crippen LogP contribution is -2.49. The second kappa shape index (κ2) is 4.59. The van der Waals surface area contributed by atoms with Crippen molar-refractivity contribution in [2.24, 2.45) is 0 Å². The number of benzene rings is 1. The first-order valence-electron chi connectivity index (χ1n) is 5.75. The van der Waals surface area contributed by atoms with Crippen molar-refractivity contribution in [2.45, 2.75) is 18.8 Å². The van der Waals surface area contributed by atoms with Crippen molar-refractivity contribution in [1.29, 1.82) is 0 Å². The Morgan fingerprint density at radius 2 is 1.76 bits per heavy atom. The summed E-state index contributed by atoms with van der Waals surface area (Å²) in [6, 6.07) is 7.26. The first kappa shape index (κ1) is 15.0. The fourth-order valence-electron chi connectivity index (χ4n) is 2.16. The predicted octanol–water partition coefficient (Wildman–Crippen LogP) is 1.69. The lowest BCUT2D eigenvalue weighted by molar-refractivity contribution is -0.168. The largest absolute Gasteiger partial charge is 0.503 e. The van der Waals surface area contributed by atoms with Crippen LogP contribution in [0.1, 0.15) is 6.92 Å². The fraction of sp³-hybridized carbons (Fsp3) is 0.231. The minimum atomic E-state index is -5.32. The molecule has 1 heterocycles. The molecule has 1 aromatic carbocycles. The van der Waals surface area contributed by atoms with E-state index in [4.69, 9.17) is 0 Å². The maximum atomic E-state index is 12.5. The van der Waals surface area contributed by atoms with E-state index < -0.39 is 34.9 Å². The van der Waals surface area contributed by atoms with Gasteiger partial charge in [-0.1, -0.05) is 18.2 Å². The van der Waals surface area contributed by atoms with Gasteiger partial charge in [0.1, 0.15) is 5.57 Å². The van der Waals surface area contributed by atoms with Crippen molar-refractivity contribution in [3.63, 3.8) is 0 Å². The number of aliphatic hydroxyl groups is 2. The zero-order valence-electron chi connectivity index (χ0n) is 10.7. The highest BCUT2D eigenvalue weighted by Gasteiger charge is 2.57. The van der Waals surface area contributed by atoms with E-state index in [2.05, 4.69) is 0 Å². The minimum absolute atomic E-state index is 0.0454. The number of aliphatic hydroxyl groups excluding tert-OH is 1. The molecular formula is C13H10F3NO4. The molecule has 0 saturated heterocycles. The molecule has 1 amide bonds. The molecule has 0 spiro atoms. The van der Waals surface area contributed by atoms with Gasteiger partial charge in [0.2, 0.25) is 0 Å². The number of carbonyl (C=O) groups excluding carboxylic acids is 2. The van der Waals surface area contributed by atoms with Crippen molar-refractivity contribution in [2.75, 3.05) is 4.90 Å². The average Bonchev–Trinajstić information content (AvgIpc) is 2.55. The van der Waals surface area contributed by atoms with Crippen LogP contribution in [0.25, 0.3) is 0 Å². The number of amides is 1. The molecule has 0 radical (unpaired) electrons. The van der Waals surface area contributed by atoms with Crippen molar-refractivity contribution in [3.05, 3.63) is 41.7 Å². The molecule has 1 aromatic rings. The molecule has 0 aromatic heterocycles. The maximum absolute atomic E-state index is 12.5. The first-order chi connectivity index (χ1) is 9.58. The summed E-state index contributed by atoms with van der Waals surface area (Å²) in [5, 5.41) is 19.8. The molecule has 1 aliphatic rings. The van der Waals surface area contributed by atoms with Crippen LogP contribution in [0.15, 0.2) is 41.7 Å². The van der Waals surface area contributed by atoms with E-state index in [0.717, 1.165) is 6.92 Å². The Morgan fingerprint density at radius 1 is 1.24 bits per heavy atom. The summed E-state index contributed by atoms with van der Waals surface area (Å²) >= 11 is 0. The highest BCUT2D eigenvalue weighted by molar-refractivity contribution is 6.18. The summed E-state index contributed by atoms with van der Waals surface area (Å²) in [5.41, 5.74) is -3.94. The quantitative estimate of drug-likeness (QED) is 0.871. The molecule has 8 heteroatoms. The van der Waals surface area contributed by atoms with E-state index in [0.29, 0.717) is 4.90 Å². The van der Waals surface area contributed by atoms with E-state index in [-0.39, 0.29) is 5.69 Å². The summed E-state index contributed by atoms with van der Waals surface area (Å²) in [7, 11) is 0. The molecule has 0 bridgehead atoms. The number of anilines is 1. The van der Waals surface area contributed by atoms with Gasteiger partial charge in [-0.15, -0.1) is 0 Å². The maximum Gasteiger partial charge on any atom is 0.454 e. The van der Waals surface area contributed by atoms with Crippen LogP contribution in [-0.2, 0) is 9.59 Å². The molecule has 0 fully saturated rings. The number of hydrogen-bond acceptors (Lipinski definition) is 4. The average molecular weight is 301 g/mol. The van der Waals surface area contributed by atoms with Gasteiger partial charge in [-0.05, 0) is 19.1 Å². The normalized spacial score (nSPS) is 22.9. The molecule has 0 saturated carbocycles. The van der Waals surface area contributed by atoms with Crippen molar-refractivity contribution < 1.29 is 33.0 Å². The highest BCUT2D eigenvalue weighted by atomic mass is 19.4. The van der Waals surface area contributed by atoms with Gasteiger partial charge in [-0.25, -0.2) is 0 Å². The molecule has 5 nitrogen and oxygen atoms in total. The number of hydrogen-bond donors (Lipinski definition) is 2. The van der Waals surface area contributed by atoms with Crippen LogP contribution in [0, 0.1) is 0 Å². The lowest BCUT2D eigenvalue weighted by atomic mass is 10.0. The Hall–Kier alpha value is -2.35. The van der Waals surface area contributed by atoms with Crippen LogP contribution in [0.2, 0.25) is 0 Å². The lowest BCUT2D eigenvalue weighted by Gasteiger charge is -2.31. The van der Waals surface area contributed by atoms with Crippen LogP contribution < -0.4 is 4.90 Å². The van der Waals surface area contributed by atoms with Gasteiger partial charge >= 0.3 is 6.18 Å². The number of halogens is 3. The van der Waals surface area contributed by atoms with Gasteiger partial charge in [0.05, 0.1) is 0 Å². The molecule has 0 aliphatic carbocycles. The number of carbonyl (C=O) groups is 2. The van der Waals surface area contributed by atoms with Crippen LogP contribution in [-0.4, -0.2) is 33.8 Å². The van der Waals surface area contributed by atoms with Gasteiger partial charge in [0.15, 0.2) is 11.5 Å². The monoisotopic (exact) mass is 301 g/mol. The van der Waals surface area contributed by atoms with E-state index in [1.165, 1.54) is 24.3 Å². The third-order valence-corrected chi connectivity index (χ3v) is 3.05. The van der Waals surface area contributed by atoms with Crippen molar-refractivity contribution >= 4 is 17.4 Å². The van der Waals surface area contributed by atoms with Gasteiger partial charge < -0.3 is 10.2 Å². The Labute approximate surface area is 116 Å². The van der Waals surface area contributed by atoms with Gasteiger partial charge in [-0.2, -0.15) is 13.2 Å². The molecule has 1 atom stereocenters. The second-order valence-electron chi connectivity index (χ2n) is 4.55.